The first-order valence-corrected chi connectivity index (χ1v) is 12.8. The van der Waals surface area contributed by atoms with Crippen molar-refractivity contribution >= 4 is 0 Å². The minimum atomic E-state index is -1.64. The molecule has 3 aromatic rings. The predicted octanol–water partition coefficient (Wildman–Crippen LogP) is 4.80. The van der Waals surface area contributed by atoms with Crippen LogP contribution in [0.3, 0.4) is 0 Å². The summed E-state index contributed by atoms with van der Waals surface area (Å²) in [6.07, 6.45) is -1.67. The highest BCUT2D eigenvalue weighted by Crippen LogP contribution is 2.40. The summed E-state index contributed by atoms with van der Waals surface area (Å²) in [6, 6.07) is 19.1. The van der Waals surface area contributed by atoms with Crippen molar-refractivity contribution in [2.75, 3.05) is 27.4 Å². The van der Waals surface area contributed by atoms with E-state index in [-0.39, 0.29) is 19.8 Å². The summed E-state index contributed by atoms with van der Waals surface area (Å²) in [7, 11) is 3.24. The average Bonchev–Trinajstić information content (AvgIpc) is 3.26. The Hall–Kier alpha value is -2.94. The van der Waals surface area contributed by atoms with Gasteiger partial charge in [-0.2, -0.15) is 0 Å². The van der Waals surface area contributed by atoms with Gasteiger partial charge in [-0.15, -0.1) is 0 Å². The standard InChI is InChI=1S/C31H38O7/c1-20-14-22(3)27(15-21(20)2)29(32)30-28(18-36-16-23-6-10-25(34-4)11-7-23)31(33,19-37-30)38-17-24-8-12-26(35-5)13-9-24/h6-15,28-30,32-33H,16-19H2,1-5H3/t28-,29-,30+,31-/m1/s1. The second-order valence-corrected chi connectivity index (χ2v) is 9.96. The number of benzene rings is 3. The molecule has 0 radical (unpaired) electrons. The summed E-state index contributed by atoms with van der Waals surface area (Å²) in [5, 5.41) is 23.1. The fraction of sp³-hybridized carbons (Fsp3) is 0.419. The molecule has 0 amide bonds. The molecule has 204 valence electrons. The Morgan fingerprint density at radius 3 is 1.97 bits per heavy atom. The molecule has 7 heteroatoms. The molecule has 38 heavy (non-hydrogen) atoms. The van der Waals surface area contributed by atoms with Gasteiger partial charge in [-0.3, -0.25) is 0 Å². The van der Waals surface area contributed by atoms with Gasteiger partial charge in [-0.1, -0.05) is 36.4 Å². The van der Waals surface area contributed by atoms with Crippen LogP contribution in [0.15, 0.2) is 60.7 Å². The SMILES string of the molecule is COc1ccc(COC[C@@H]2[C@@H]([C@H](O)c3cc(C)c(C)cc3C)OC[C@@]2(O)OCc2ccc(OC)cc2)cc1. The van der Waals surface area contributed by atoms with E-state index < -0.39 is 23.9 Å². The number of methoxy groups -OCH3 is 2. The quantitative estimate of drug-likeness (QED) is 0.350. The van der Waals surface area contributed by atoms with Crippen LogP contribution in [0.4, 0.5) is 0 Å². The van der Waals surface area contributed by atoms with Crippen LogP contribution in [0.2, 0.25) is 0 Å². The summed E-state index contributed by atoms with van der Waals surface area (Å²) in [5.74, 6) is -0.756. The molecule has 1 aliphatic heterocycles. The monoisotopic (exact) mass is 522 g/mol. The van der Waals surface area contributed by atoms with E-state index in [0.29, 0.717) is 6.61 Å². The Balaban J connectivity index is 1.52. The molecule has 0 unspecified atom stereocenters. The van der Waals surface area contributed by atoms with E-state index in [1.165, 1.54) is 0 Å². The van der Waals surface area contributed by atoms with Gasteiger partial charge in [-0.25, -0.2) is 0 Å². The highest BCUT2D eigenvalue weighted by atomic mass is 16.7. The van der Waals surface area contributed by atoms with Crippen molar-refractivity contribution in [3.63, 3.8) is 0 Å². The lowest BCUT2D eigenvalue weighted by Gasteiger charge is -2.32. The molecular weight excluding hydrogens is 484 g/mol. The Kier molecular flexibility index (Phi) is 9.07. The molecule has 0 spiro atoms. The molecule has 4 atom stereocenters. The molecule has 7 nitrogen and oxygen atoms in total. The molecule has 1 heterocycles. The average molecular weight is 523 g/mol. The second kappa shape index (κ2) is 12.3. The van der Waals surface area contributed by atoms with E-state index in [2.05, 4.69) is 6.07 Å². The molecule has 2 N–H and O–H groups in total. The van der Waals surface area contributed by atoms with Crippen LogP contribution in [0.25, 0.3) is 0 Å². The molecule has 0 aliphatic carbocycles. The van der Waals surface area contributed by atoms with Crippen LogP contribution in [-0.4, -0.2) is 49.5 Å². The van der Waals surface area contributed by atoms with Gasteiger partial charge in [0.1, 0.15) is 24.2 Å². The number of ether oxygens (including phenoxy) is 5. The fourth-order valence-corrected chi connectivity index (χ4v) is 4.81. The van der Waals surface area contributed by atoms with Crippen molar-refractivity contribution in [1.29, 1.82) is 0 Å². The summed E-state index contributed by atoms with van der Waals surface area (Å²) in [4.78, 5) is 0. The number of aryl methyl sites for hydroxylation is 3. The third-order valence-corrected chi connectivity index (χ3v) is 7.34. The number of hydrogen-bond donors (Lipinski definition) is 2. The van der Waals surface area contributed by atoms with Gasteiger partial charge < -0.3 is 33.9 Å². The van der Waals surface area contributed by atoms with Crippen molar-refractivity contribution in [3.8, 4) is 11.5 Å². The van der Waals surface area contributed by atoms with E-state index in [1.807, 2.05) is 75.4 Å². The Morgan fingerprint density at radius 1 is 0.842 bits per heavy atom. The van der Waals surface area contributed by atoms with E-state index in [9.17, 15) is 10.2 Å². The first-order valence-electron chi connectivity index (χ1n) is 12.8. The van der Waals surface area contributed by atoms with Gasteiger partial charge in [0.05, 0.1) is 46.1 Å². The van der Waals surface area contributed by atoms with Crippen LogP contribution in [-0.2, 0) is 27.4 Å². The van der Waals surface area contributed by atoms with Crippen molar-refractivity contribution in [2.24, 2.45) is 5.92 Å². The molecule has 3 aromatic carbocycles. The highest BCUT2D eigenvalue weighted by molar-refractivity contribution is 5.38. The molecule has 1 saturated heterocycles. The smallest absolute Gasteiger partial charge is 0.197 e. The third-order valence-electron chi connectivity index (χ3n) is 7.34. The lowest BCUT2D eigenvalue weighted by atomic mass is 9.87. The molecular formula is C31H38O7. The van der Waals surface area contributed by atoms with Crippen molar-refractivity contribution in [2.45, 2.75) is 52.0 Å². The zero-order chi connectivity index (χ0) is 27.3. The number of rotatable bonds is 11. The van der Waals surface area contributed by atoms with Crippen molar-refractivity contribution < 1.29 is 33.9 Å². The van der Waals surface area contributed by atoms with Crippen LogP contribution < -0.4 is 9.47 Å². The summed E-state index contributed by atoms with van der Waals surface area (Å²) in [5.41, 5.74) is 5.83. The fourth-order valence-electron chi connectivity index (χ4n) is 4.81. The number of aliphatic hydroxyl groups excluding tert-OH is 1. The van der Waals surface area contributed by atoms with Gasteiger partial charge in [0, 0.05) is 0 Å². The Bertz CT molecular complexity index is 1190. The Morgan fingerprint density at radius 2 is 1.39 bits per heavy atom. The van der Waals surface area contributed by atoms with Gasteiger partial charge in [0.25, 0.3) is 0 Å². The van der Waals surface area contributed by atoms with Crippen molar-refractivity contribution in [1.82, 2.24) is 0 Å². The number of hydrogen-bond acceptors (Lipinski definition) is 7. The summed E-state index contributed by atoms with van der Waals surface area (Å²) < 4.78 is 28.6. The lowest BCUT2D eigenvalue weighted by molar-refractivity contribution is -0.238. The minimum absolute atomic E-state index is 0.0780. The molecule has 4 rings (SSSR count). The van der Waals surface area contributed by atoms with Gasteiger partial charge in [0.15, 0.2) is 5.79 Å². The number of aliphatic hydroxyl groups is 2. The maximum absolute atomic E-state index is 11.6. The van der Waals surface area contributed by atoms with E-state index >= 15 is 0 Å². The van der Waals surface area contributed by atoms with Crippen LogP contribution in [0.5, 0.6) is 11.5 Å². The van der Waals surface area contributed by atoms with Gasteiger partial charge in [0.2, 0.25) is 0 Å². The molecule has 0 aromatic heterocycles. The van der Waals surface area contributed by atoms with Crippen LogP contribution in [0, 0.1) is 26.7 Å². The first-order chi connectivity index (χ1) is 18.2. The minimum Gasteiger partial charge on any atom is -0.497 e. The van der Waals surface area contributed by atoms with Crippen LogP contribution >= 0.6 is 0 Å². The molecule has 0 saturated carbocycles. The highest BCUT2D eigenvalue weighted by Gasteiger charge is 2.52. The maximum Gasteiger partial charge on any atom is 0.197 e. The second-order valence-electron chi connectivity index (χ2n) is 9.96. The van der Waals surface area contributed by atoms with Crippen molar-refractivity contribution in [3.05, 3.63) is 94.0 Å². The third kappa shape index (κ3) is 6.37. The largest absolute Gasteiger partial charge is 0.497 e. The van der Waals surface area contributed by atoms with Crippen LogP contribution in [0.1, 0.15) is 39.5 Å². The molecule has 1 fully saturated rings. The van der Waals surface area contributed by atoms with E-state index in [0.717, 1.165) is 44.9 Å². The lowest BCUT2D eigenvalue weighted by Crippen LogP contribution is -2.45. The van der Waals surface area contributed by atoms with Gasteiger partial charge in [-0.05, 0) is 78.4 Å². The van der Waals surface area contributed by atoms with E-state index in [4.69, 9.17) is 23.7 Å². The topological polar surface area (TPSA) is 86.6 Å². The van der Waals surface area contributed by atoms with Gasteiger partial charge >= 0.3 is 0 Å². The summed E-state index contributed by atoms with van der Waals surface area (Å²) in [6.45, 7) is 6.60. The molecule has 0 bridgehead atoms. The maximum atomic E-state index is 11.6. The zero-order valence-electron chi connectivity index (χ0n) is 22.8. The Labute approximate surface area is 224 Å². The summed E-state index contributed by atoms with van der Waals surface area (Å²) >= 11 is 0. The van der Waals surface area contributed by atoms with E-state index in [1.54, 1.807) is 14.2 Å². The molecule has 1 aliphatic rings. The normalized spacial score (nSPS) is 21.9. The predicted molar refractivity (Wildman–Crippen MR) is 144 cm³/mol. The zero-order valence-corrected chi connectivity index (χ0v) is 22.8. The first kappa shape index (κ1) is 28.1.